The van der Waals surface area contributed by atoms with Gasteiger partial charge in [-0.15, -0.1) is 0 Å². The molecule has 0 heterocycles. The largest absolute Gasteiger partial charge is 0.495 e. The molecule has 0 aromatic heterocycles. The molecule has 1 fully saturated rings. The molecule has 2 atom stereocenters. The van der Waals surface area contributed by atoms with E-state index in [4.69, 9.17) is 9.47 Å². The van der Waals surface area contributed by atoms with Crippen LogP contribution in [0.2, 0.25) is 0 Å². The number of ether oxygens (including phenoxy) is 2. The summed E-state index contributed by atoms with van der Waals surface area (Å²) in [4.78, 5) is 0. The molecule has 0 saturated heterocycles. The molecule has 0 bridgehead atoms. The van der Waals surface area contributed by atoms with E-state index in [1.807, 2.05) is 6.07 Å². The predicted octanol–water partition coefficient (Wildman–Crippen LogP) is 4.35. The molecular formula is C17H26BrNO2. The van der Waals surface area contributed by atoms with Crippen molar-refractivity contribution < 1.29 is 9.47 Å². The molecule has 4 heteroatoms. The normalized spacial score (nSPS) is 22.1. The van der Waals surface area contributed by atoms with Gasteiger partial charge in [0.15, 0.2) is 0 Å². The van der Waals surface area contributed by atoms with Gasteiger partial charge in [-0.25, -0.2) is 0 Å². The van der Waals surface area contributed by atoms with Gasteiger partial charge in [-0.2, -0.15) is 0 Å². The lowest BCUT2D eigenvalue weighted by Gasteiger charge is -2.33. The Kier molecular flexibility index (Phi) is 6.37. The number of rotatable bonds is 6. The van der Waals surface area contributed by atoms with Gasteiger partial charge in [-0.1, -0.05) is 25.8 Å². The minimum absolute atomic E-state index is 0.565. The Labute approximate surface area is 136 Å². The van der Waals surface area contributed by atoms with Crippen LogP contribution in [0.25, 0.3) is 0 Å². The van der Waals surface area contributed by atoms with Gasteiger partial charge >= 0.3 is 0 Å². The molecule has 1 aliphatic carbocycles. The van der Waals surface area contributed by atoms with E-state index < -0.39 is 0 Å². The molecular weight excluding hydrogens is 330 g/mol. The molecule has 0 aliphatic heterocycles. The van der Waals surface area contributed by atoms with E-state index >= 15 is 0 Å². The van der Waals surface area contributed by atoms with Gasteiger partial charge in [-0.05, 0) is 65.3 Å². The van der Waals surface area contributed by atoms with Crippen LogP contribution >= 0.6 is 15.9 Å². The van der Waals surface area contributed by atoms with Crippen LogP contribution in [0.3, 0.4) is 0 Å². The molecule has 1 aliphatic rings. The molecule has 0 amide bonds. The molecule has 2 unspecified atom stereocenters. The molecule has 0 radical (unpaired) electrons. The number of methoxy groups -OCH3 is 2. The van der Waals surface area contributed by atoms with Crippen molar-refractivity contribution in [2.45, 2.75) is 38.5 Å². The Morgan fingerprint density at radius 3 is 2.62 bits per heavy atom. The fourth-order valence-electron chi connectivity index (χ4n) is 3.40. The molecule has 1 aromatic rings. The fourth-order valence-corrected chi connectivity index (χ4v) is 4.09. The summed E-state index contributed by atoms with van der Waals surface area (Å²) < 4.78 is 12.0. The second-order valence-corrected chi connectivity index (χ2v) is 6.46. The summed E-state index contributed by atoms with van der Waals surface area (Å²) >= 11 is 3.63. The van der Waals surface area contributed by atoms with Crippen molar-refractivity contribution in [3.63, 3.8) is 0 Å². The van der Waals surface area contributed by atoms with E-state index in [1.165, 1.54) is 31.2 Å². The molecule has 1 saturated carbocycles. The van der Waals surface area contributed by atoms with Crippen LogP contribution < -0.4 is 14.8 Å². The first kappa shape index (κ1) is 16.6. The van der Waals surface area contributed by atoms with E-state index in [0.717, 1.165) is 29.1 Å². The topological polar surface area (TPSA) is 30.5 Å². The number of hydrogen-bond donors (Lipinski definition) is 1. The summed E-state index contributed by atoms with van der Waals surface area (Å²) in [6.45, 7) is 4.29. The molecule has 0 spiro atoms. The van der Waals surface area contributed by atoms with Crippen molar-refractivity contribution >= 4 is 15.9 Å². The SMILES string of the molecule is CCNCC1CCCCC1c1ccc(OC)c(Br)c1OC. The number of nitrogens with one attached hydrogen (secondary N) is 1. The Bertz CT molecular complexity index is 464. The van der Waals surface area contributed by atoms with Crippen molar-refractivity contribution in [1.29, 1.82) is 0 Å². The second kappa shape index (κ2) is 8.04. The fraction of sp³-hybridized carbons (Fsp3) is 0.647. The Balaban J connectivity index is 2.31. The summed E-state index contributed by atoms with van der Waals surface area (Å²) in [7, 11) is 3.43. The third-order valence-corrected chi connectivity index (χ3v) is 5.23. The summed E-state index contributed by atoms with van der Waals surface area (Å²) in [6.07, 6.45) is 5.18. The van der Waals surface area contributed by atoms with Crippen LogP contribution in [0.1, 0.15) is 44.1 Å². The predicted molar refractivity (Wildman–Crippen MR) is 90.5 cm³/mol. The number of halogens is 1. The van der Waals surface area contributed by atoms with E-state index in [1.54, 1.807) is 14.2 Å². The maximum Gasteiger partial charge on any atom is 0.140 e. The summed E-state index contributed by atoms with van der Waals surface area (Å²) in [5.41, 5.74) is 1.31. The van der Waals surface area contributed by atoms with Crippen molar-refractivity contribution in [2.24, 2.45) is 5.92 Å². The van der Waals surface area contributed by atoms with Crippen LogP contribution in [0.4, 0.5) is 0 Å². The lowest BCUT2D eigenvalue weighted by atomic mass is 9.75. The minimum atomic E-state index is 0.565. The highest BCUT2D eigenvalue weighted by atomic mass is 79.9. The average molecular weight is 356 g/mol. The third kappa shape index (κ3) is 3.72. The van der Waals surface area contributed by atoms with Gasteiger partial charge in [0.05, 0.1) is 14.2 Å². The van der Waals surface area contributed by atoms with Crippen LogP contribution in [-0.2, 0) is 0 Å². The van der Waals surface area contributed by atoms with Crippen LogP contribution in [-0.4, -0.2) is 27.3 Å². The zero-order valence-corrected chi connectivity index (χ0v) is 14.8. The van der Waals surface area contributed by atoms with E-state index in [2.05, 4.69) is 34.2 Å². The van der Waals surface area contributed by atoms with Crippen LogP contribution in [0.5, 0.6) is 11.5 Å². The molecule has 3 nitrogen and oxygen atoms in total. The van der Waals surface area contributed by atoms with E-state index in [9.17, 15) is 0 Å². The first-order valence-electron chi connectivity index (χ1n) is 7.84. The van der Waals surface area contributed by atoms with Crippen LogP contribution in [0, 0.1) is 5.92 Å². The van der Waals surface area contributed by atoms with Gasteiger partial charge in [0.25, 0.3) is 0 Å². The third-order valence-electron chi connectivity index (χ3n) is 4.48. The van der Waals surface area contributed by atoms with Gasteiger partial charge < -0.3 is 14.8 Å². The smallest absolute Gasteiger partial charge is 0.140 e. The maximum atomic E-state index is 5.68. The zero-order chi connectivity index (χ0) is 15.2. The summed E-state index contributed by atoms with van der Waals surface area (Å²) in [5.74, 6) is 3.01. The van der Waals surface area contributed by atoms with Crippen molar-refractivity contribution in [3.8, 4) is 11.5 Å². The monoisotopic (exact) mass is 355 g/mol. The summed E-state index contributed by atoms with van der Waals surface area (Å²) in [5, 5.41) is 3.52. The Morgan fingerprint density at radius 2 is 1.95 bits per heavy atom. The van der Waals surface area contributed by atoms with Gasteiger partial charge in [0.2, 0.25) is 0 Å². The van der Waals surface area contributed by atoms with Crippen molar-refractivity contribution in [1.82, 2.24) is 5.32 Å². The van der Waals surface area contributed by atoms with Crippen LogP contribution in [0.15, 0.2) is 16.6 Å². The lowest BCUT2D eigenvalue weighted by Crippen LogP contribution is -2.29. The average Bonchev–Trinajstić information content (AvgIpc) is 2.53. The van der Waals surface area contributed by atoms with Gasteiger partial charge in [0.1, 0.15) is 16.0 Å². The highest BCUT2D eigenvalue weighted by Crippen LogP contribution is 2.46. The highest BCUT2D eigenvalue weighted by molar-refractivity contribution is 9.10. The molecule has 21 heavy (non-hydrogen) atoms. The molecule has 1 aromatic carbocycles. The van der Waals surface area contributed by atoms with Gasteiger partial charge in [0, 0.05) is 0 Å². The van der Waals surface area contributed by atoms with E-state index in [-0.39, 0.29) is 0 Å². The second-order valence-electron chi connectivity index (χ2n) is 5.66. The summed E-state index contributed by atoms with van der Waals surface area (Å²) in [6, 6.07) is 4.22. The quantitative estimate of drug-likeness (QED) is 0.822. The first-order valence-corrected chi connectivity index (χ1v) is 8.63. The first-order chi connectivity index (χ1) is 10.2. The Hall–Kier alpha value is -0.740. The van der Waals surface area contributed by atoms with Crippen molar-refractivity contribution in [3.05, 3.63) is 22.2 Å². The number of benzene rings is 1. The number of hydrogen-bond acceptors (Lipinski definition) is 3. The minimum Gasteiger partial charge on any atom is -0.495 e. The molecule has 1 N–H and O–H groups in total. The molecule has 118 valence electrons. The zero-order valence-electron chi connectivity index (χ0n) is 13.2. The van der Waals surface area contributed by atoms with Gasteiger partial charge in [-0.3, -0.25) is 0 Å². The standard InChI is InChI=1S/C17H26BrNO2/c1-4-19-11-12-7-5-6-8-13(12)14-9-10-15(20-2)16(18)17(14)21-3/h9-10,12-13,19H,4-8,11H2,1-3H3. The Morgan fingerprint density at radius 1 is 1.19 bits per heavy atom. The van der Waals surface area contributed by atoms with E-state index in [0.29, 0.717) is 11.8 Å². The molecule has 2 rings (SSSR count). The maximum absolute atomic E-state index is 5.68. The van der Waals surface area contributed by atoms with Crippen molar-refractivity contribution in [2.75, 3.05) is 27.3 Å². The lowest BCUT2D eigenvalue weighted by molar-refractivity contribution is 0.288. The highest BCUT2D eigenvalue weighted by Gasteiger charge is 2.29.